The van der Waals surface area contributed by atoms with Crippen LogP contribution in [0.3, 0.4) is 0 Å². The molecular weight excluding hydrogens is 683 g/mol. The highest BCUT2D eigenvalue weighted by molar-refractivity contribution is 8.00. The average Bonchev–Trinajstić information content (AvgIpc) is 3.70. The number of carbonyl (C=O) groups is 4. The van der Waals surface area contributed by atoms with Crippen LogP contribution < -0.4 is 26.6 Å². The van der Waals surface area contributed by atoms with Crippen LogP contribution in [0.4, 0.5) is 10.5 Å². The van der Waals surface area contributed by atoms with Gasteiger partial charge in [0.25, 0.3) is 16.0 Å². The Hall–Kier alpha value is -4.65. The van der Waals surface area contributed by atoms with E-state index < -0.39 is 44.6 Å². The summed E-state index contributed by atoms with van der Waals surface area (Å²) in [7, 11) is -4.80. The molecule has 2 aromatic rings. The molecule has 5 amide bonds. The van der Waals surface area contributed by atoms with E-state index in [0.717, 1.165) is 29.6 Å². The number of hydrogen-bond acceptors (Lipinski definition) is 10. The Balaban J connectivity index is 1.23. The minimum atomic E-state index is -4.80. The third kappa shape index (κ3) is 10.4. The van der Waals surface area contributed by atoms with Gasteiger partial charge in [0.2, 0.25) is 17.7 Å². The fraction of sp³-hybridized carbons (Fsp3) is 0.517. The Bertz CT molecular complexity index is 1680. The minimum Gasteiger partial charge on any atom is -0.494 e. The van der Waals surface area contributed by atoms with E-state index in [1.165, 1.54) is 24.3 Å². The van der Waals surface area contributed by atoms with E-state index in [1.54, 1.807) is 0 Å². The number of nitrogens with zero attached hydrogens (tertiary/aromatic N) is 4. The molecule has 49 heavy (non-hydrogen) atoms. The Morgan fingerprint density at radius 1 is 1.08 bits per heavy atom. The van der Waals surface area contributed by atoms with Gasteiger partial charge >= 0.3 is 6.03 Å². The number of fused-ring (bicyclic) bond motifs is 1. The van der Waals surface area contributed by atoms with Gasteiger partial charge in [0, 0.05) is 59.3 Å². The average molecular weight is 722 g/mol. The fourth-order valence-corrected chi connectivity index (χ4v) is 7.77. The van der Waals surface area contributed by atoms with Crippen molar-refractivity contribution in [2.75, 3.05) is 18.8 Å². The van der Waals surface area contributed by atoms with Crippen molar-refractivity contribution in [3.05, 3.63) is 46.3 Å². The predicted molar refractivity (Wildman–Crippen MR) is 178 cm³/mol. The van der Waals surface area contributed by atoms with Crippen LogP contribution >= 0.6 is 11.8 Å². The molecule has 2 aliphatic rings. The van der Waals surface area contributed by atoms with Crippen LogP contribution in [0.5, 0.6) is 11.8 Å². The highest BCUT2D eigenvalue weighted by Gasteiger charge is 2.42. The Kier molecular flexibility index (Phi) is 13.0. The van der Waals surface area contributed by atoms with E-state index in [0.29, 0.717) is 42.8 Å². The first-order valence-corrected chi connectivity index (χ1v) is 18.1. The highest BCUT2D eigenvalue weighted by Crippen LogP contribution is 2.33. The molecule has 0 saturated carbocycles. The second-order valence-corrected chi connectivity index (χ2v) is 14.2. The number of rotatable bonds is 18. The lowest BCUT2D eigenvalue weighted by molar-refractivity contribution is -0.123. The van der Waals surface area contributed by atoms with Crippen molar-refractivity contribution in [1.29, 1.82) is 0 Å². The molecule has 0 spiro atoms. The number of aromatic nitrogens is 1. The number of benzene rings is 1. The zero-order chi connectivity index (χ0) is 35.6. The summed E-state index contributed by atoms with van der Waals surface area (Å²) in [4.78, 5) is 51.8. The first-order chi connectivity index (χ1) is 23.4. The summed E-state index contributed by atoms with van der Waals surface area (Å²) in [6.45, 7) is -0.0832. The van der Waals surface area contributed by atoms with Crippen molar-refractivity contribution in [2.45, 2.75) is 79.8 Å². The van der Waals surface area contributed by atoms with E-state index in [4.69, 9.17) is 5.53 Å². The normalized spacial score (nSPS) is 18.8. The van der Waals surface area contributed by atoms with Crippen LogP contribution in [0.1, 0.15) is 55.3 Å². The summed E-state index contributed by atoms with van der Waals surface area (Å²) in [5.41, 5.74) is 9.09. The second kappa shape index (κ2) is 17.1. The number of carbonyl (C=O) groups excluding carboxylic acids is 4. The standard InChI is InChI=1S/C29H39N9O9S2/c30-37-36-18-10-8-17(9-11-18)26(41)33-19(27(42)32-13-14-38-24(40)15-22(28(38)43)49(45,46)47)5-3-4-12-31-23(39)7-2-1-6-21-25-20(16-48-21)34-29(44)35-25/h8-11,15,19-21,25,40,43H,1-7,12-14,16H2,(H,31,39)(H,32,42)(H,33,41)(H2,34,35,44)(H,45,46,47)/t19?,20-,21-,25-/m0/s1. The van der Waals surface area contributed by atoms with Crippen LogP contribution in [0, 0.1) is 0 Å². The summed E-state index contributed by atoms with van der Waals surface area (Å²) >= 11 is 1.83. The summed E-state index contributed by atoms with van der Waals surface area (Å²) in [6.07, 6.45) is 4.03. The van der Waals surface area contributed by atoms with Gasteiger partial charge in [-0.2, -0.15) is 20.2 Å². The molecule has 2 aliphatic heterocycles. The molecule has 2 saturated heterocycles. The fourth-order valence-electron chi connectivity index (χ4n) is 5.63. The molecule has 0 radical (unpaired) electrons. The number of aromatic hydroxyl groups is 2. The zero-order valence-electron chi connectivity index (χ0n) is 26.4. The van der Waals surface area contributed by atoms with E-state index in [2.05, 4.69) is 36.6 Å². The Morgan fingerprint density at radius 3 is 2.53 bits per heavy atom. The van der Waals surface area contributed by atoms with E-state index >= 15 is 0 Å². The van der Waals surface area contributed by atoms with Crippen LogP contribution in [0.15, 0.2) is 40.3 Å². The molecule has 3 heterocycles. The molecule has 0 aliphatic carbocycles. The maximum atomic E-state index is 13.1. The zero-order valence-corrected chi connectivity index (χ0v) is 28.0. The maximum Gasteiger partial charge on any atom is 0.315 e. The van der Waals surface area contributed by atoms with Crippen molar-refractivity contribution >= 4 is 51.3 Å². The van der Waals surface area contributed by atoms with Gasteiger partial charge < -0.3 is 36.8 Å². The minimum absolute atomic E-state index is 0.0896. The molecule has 4 atom stereocenters. The molecule has 1 unspecified atom stereocenters. The predicted octanol–water partition coefficient (Wildman–Crippen LogP) is 2.01. The van der Waals surface area contributed by atoms with Gasteiger partial charge in [0.1, 0.15) is 6.04 Å². The van der Waals surface area contributed by atoms with Crippen molar-refractivity contribution in [2.24, 2.45) is 5.11 Å². The molecule has 20 heteroatoms. The van der Waals surface area contributed by atoms with Crippen molar-refractivity contribution in [3.8, 4) is 11.8 Å². The highest BCUT2D eigenvalue weighted by atomic mass is 32.2. The quantitative estimate of drug-likeness (QED) is 0.0277. The third-order valence-electron chi connectivity index (χ3n) is 8.16. The number of amides is 5. The van der Waals surface area contributed by atoms with Crippen LogP contribution in [0.2, 0.25) is 0 Å². The van der Waals surface area contributed by atoms with Crippen molar-refractivity contribution in [1.82, 2.24) is 31.2 Å². The molecule has 1 aromatic heterocycles. The third-order valence-corrected chi connectivity index (χ3v) is 10.5. The van der Waals surface area contributed by atoms with Gasteiger partial charge in [-0.25, -0.2) is 4.79 Å². The molecular formula is C29H39N9O9S2. The number of nitrogens with one attached hydrogen (secondary N) is 5. The lowest BCUT2D eigenvalue weighted by Crippen LogP contribution is -2.47. The number of thioether (sulfide) groups is 1. The monoisotopic (exact) mass is 721 g/mol. The van der Waals surface area contributed by atoms with Gasteiger partial charge in [-0.05, 0) is 49.8 Å². The summed E-state index contributed by atoms with van der Waals surface area (Å²) in [5, 5.41) is 37.9. The van der Waals surface area contributed by atoms with Gasteiger partial charge in [0.05, 0.1) is 12.1 Å². The lowest BCUT2D eigenvalue weighted by Gasteiger charge is -2.19. The molecule has 266 valence electrons. The van der Waals surface area contributed by atoms with Gasteiger partial charge in [0.15, 0.2) is 10.8 Å². The van der Waals surface area contributed by atoms with Gasteiger partial charge in [-0.3, -0.25) is 23.5 Å². The molecule has 18 nitrogen and oxygen atoms in total. The molecule has 4 rings (SSSR count). The van der Waals surface area contributed by atoms with Crippen molar-refractivity contribution in [3.63, 3.8) is 0 Å². The summed E-state index contributed by atoms with van der Waals surface area (Å²) < 4.78 is 32.8. The van der Waals surface area contributed by atoms with Gasteiger partial charge in [-0.1, -0.05) is 23.7 Å². The van der Waals surface area contributed by atoms with Crippen molar-refractivity contribution < 1.29 is 42.4 Å². The first-order valence-electron chi connectivity index (χ1n) is 15.7. The number of unbranched alkanes of at least 4 members (excludes halogenated alkanes) is 2. The first kappa shape index (κ1) is 37.2. The number of urea groups is 1. The summed E-state index contributed by atoms with van der Waals surface area (Å²) in [5.74, 6) is -1.93. The smallest absolute Gasteiger partial charge is 0.315 e. The molecule has 0 bridgehead atoms. The van der Waals surface area contributed by atoms with Gasteiger partial charge in [-0.15, -0.1) is 0 Å². The number of hydrogen-bond donors (Lipinski definition) is 8. The van der Waals surface area contributed by atoms with E-state index in [1.807, 2.05) is 11.8 Å². The van der Waals surface area contributed by atoms with Crippen LogP contribution in [0.25, 0.3) is 10.4 Å². The Labute approximate surface area is 286 Å². The molecule has 8 N–H and O–H groups in total. The second-order valence-electron chi connectivity index (χ2n) is 11.6. The Morgan fingerprint density at radius 2 is 1.84 bits per heavy atom. The summed E-state index contributed by atoms with van der Waals surface area (Å²) in [6, 6.07) is 5.57. The van der Waals surface area contributed by atoms with E-state index in [9.17, 15) is 42.4 Å². The molecule has 1 aromatic carbocycles. The SMILES string of the molecule is [N-]=[N+]=Nc1ccc(C(=O)NC(CCCCNC(=O)CCCC[C@@H]2SC[C@@H]3NC(=O)N[C@@H]32)C(=O)NCCn2c(O)cc(S(=O)(=O)O)c2O)cc1. The van der Waals surface area contributed by atoms with E-state index in [-0.39, 0.29) is 49.1 Å². The topological polar surface area (TPSA) is 277 Å². The largest absolute Gasteiger partial charge is 0.494 e. The maximum absolute atomic E-state index is 13.1. The lowest BCUT2D eigenvalue weighted by atomic mass is 10.0. The number of azide groups is 1. The van der Waals surface area contributed by atoms with Crippen LogP contribution in [-0.2, 0) is 26.3 Å². The molecule has 2 fully saturated rings. The van der Waals surface area contributed by atoms with Crippen LogP contribution in [-0.4, -0.2) is 93.7 Å².